The van der Waals surface area contributed by atoms with Crippen LogP contribution in [0.5, 0.6) is 0 Å². The molecule has 0 radical (unpaired) electrons. The first kappa shape index (κ1) is 12.3. The van der Waals surface area contributed by atoms with E-state index in [0.29, 0.717) is 6.04 Å². The summed E-state index contributed by atoms with van der Waals surface area (Å²) in [4.78, 5) is 8.67. The van der Waals surface area contributed by atoms with Crippen molar-refractivity contribution in [1.29, 1.82) is 0 Å². The summed E-state index contributed by atoms with van der Waals surface area (Å²) in [6, 6.07) is 0.487. The largest absolute Gasteiger partial charge is 0.326 e. The van der Waals surface area contributed by atoms with Crippen molar-refractivity contribution in [3.05, 3.63) is 34.3 Å². The number of nitrogens with one attached hydrogen (secondary N) is 1. The molecule has 2 aromatic rings. The molecular weight excluding hydrogens is 232 g/mol. The van der Waals surface area contributed by atoms with Crippen LogP contribution in [-0.4, -0.2) is 20.6 Å². The predicted octanol–water partition coefficient (Wildman–Crippen LogP) is 2.19. The van der Waals surface area contributed by atoms with Crippen molar-refractivity contribution in [1.82, 2.24) is 19.9 Å². The Morgan fingerprint density at radius 3 is 2.94 bits per heavy atom. The van der Waals surface area contributed by atoms with E-state index in [1.807, 2.05) is 19.4 Å². The second-order valence-electron chi connectivity index (χ2n) is 4.43. The first-order chi connectivity index (χ1) is 8.15. The van der Waals surface area contributed by atoms with Gasteiger partial charge in [-0.25, -0.2) is 9.97 Å². The van der Waals surface area contributed by atoms with Crippen LogP contribution in [0, 0.1) is 6.92 Å². The van der Waals surface area contributed by atoms with Gasteiger partial charge in [-0.3, -0.25) is 0 Å². The predicted molar refractivity (Wildman–Crippen MR) is 70.2 cm³/mol. The number of aromatic nitrogens is 3. The van der Waals surface area contributed by atoms with Gasteiger partial charge in [-0.1, -0.05) is 13.8 Å². The first-order valence-electron chi connectivity index (χ1n) is 5.78. The van der Waals surface area contributed by atoms with Crippen molar-refractivity contribution >= 4 is 11.3 Å². The Kier molecular flexibility index (Phi) is 3.91. The molecule has 2 heterocycles. The Hall–Kier alpha value is -1.20. The molecule has 0 atom stereocenters. The summed E-state index contributed by atoms with van der Waals surface area (Å²) in [7, 11) is 0. The van der Waals surface area contributed by atoms with E-state index in [-0.39, 0.29) is 0 Å². The summed E-state index contributed by atoms with van der Waals surface area (Å²) in [6.45, 7) is 7.97. The molecule has 4 nitrogen and oxygen atoms in total. The molecule has 0 fully saturated rings. The van der Waals surface area contributed by atoms with Crippen LogP contribution in [0.2, 0.25) is 0 Å². The molecule has 2 aromatic heterocycles. The molecule has 0 unspecified atom stereocenters. The summed E-state index contributed by atoms with van der Waals surface area (Å²) in [5.41, 5.74) is 2.29. The fourth-order valence-corrected chi connectivity index (χ4v) is 2.34. The zero-order valence-corrected chi connectivity index (χ0v) is 11.3. The van der Waals surface area contributed by atoms with E-state index in [9.17, 15) is 0 Å². The second-order valence-corrected chi connectivity index (χ2v) is 5.37. The van der Waals surface area contributed by atoms with Gasteiger partial charge in [0.25, 0.3) is 0 Å². The number of hydrogen-bond donors (Lipinski definition) is 1. The molecule has 0 saturated carbocycles. The van der Waals surface area contributed by atoms with Gasteiger partial charge in [0.2, 0.25) is 0 Å². The van der Waals surface area contributed by atoms with Crippen molar-refractivity contribution in [3.63, 3.8) is 0 Å². The summed E-state index contributed by atoms with van der Waals surface area (Å²) in [6.07, 6.45) is 3.78. The van der Waals surface area contributed by atoms with Gasteiger partial charge in [0, 0.05) is 29.9 Å². The molecule has 2 rings (SSSR count). The lowest BCUT2D eigenvalue weighted by Crippen LogP contribution is -2.23. The van der Waals surface area contributed by atoms with Gasteiger partial charge < -0.3 is 9.88 Å². The van der Waals surface area contributed by atoms with Crippen LogP contribution in [0.25, 0.3) is 0 Å². The third kappa shape index (κ3) is 3.38. The summed E-state index contributed by atoms with van der Waals surface area (Å²) >= 11 is 1.70. The van der Waals surface area contributed by atoms with E-state index in [1.165, 1.54) is 5.69 Å². The molecule has 0 aromatic carbocycles. The standard InChI is InChI=1S/C12H18N4S/c1-9(2)14-5-11-4-13-8-16(11)6-12-15-10(3)7-17-12/h4,7-9,14H,5-6H2,1-3H3. The zero-order chi connectivity index (χ0) is 12.3. The molecule has 0 bridgehead atoms. The van der Waals surface area contributed by atoms with Gasteiger partial charge in [-0.2, -0.15) is 0 Å². The molecule has 0 spiro atoms. The number of aryl methyl sites for hydroxylation is 1. The van der Waals surface area contributed by atoms with Crippen LogP contribution < -0.4 is 5.32 Å². The SMILES string of the molecule is Cc1csc(Cn2cncc2CNC(C)C)n1. The Morgan fingerprint density at radius 1 is 1.47 bits per heavy atom. The summed E-state index contributed by atoms with van der Waals surface area (Å²) < 4.78 is 2.15. The average molecular weight is 250 g/mol. The molecule has 17 heavy (non-hydrogen) atoms. The van der Waals surface area contributed by atoms with Crippen LogP contribution in [0.1, 0.15) is 30.2 Å². The molecule has 0 aliphatic carbocycles. The van der Waals surface area contributed by atoms with Crippen LogP contribution in [-0.2, 0) is 13.1 Å². The highest BCUT2D eigenvalue weighted by Gasteiger charge is 2.05. The molecule has 0 saturated heterocycles. The Morgan fingerprint density at radius 2 is 2.29 bits per heavy atom. The first-order valence-corrected chi connectivity index (χ1v) is 6.66. The zero-order valence-electron chi connectivity index (χ0n) is 10.5. The molecular formula is C12H18N4S. The lowest BCUT2D eigenvalue weighted by Gasteiger charge is -2.10. The van der Waals surface area contributed by atoms with E-state index in [0.717, 1.165) is 23.8 Å². The quantitative estimate of drug-likeness (QED) is 0.884. The van der Waals surface area contributed by atoms with Crippen molar-refractivity contribution in [2.45, 2.75) is 39.9 Å². The number of thiazole rings is 1. The van der Waals surface area contributed by atoms with E-state index >= 15 is 0 Å². The minimum Gasteiger partial charge on any atom is -0.326 e. The highest BCUT2D eigenvalue weighted by molar-refractivity contribution is 7.09. The molecule has 0 aliphatic heterocycles. The topological polar surface area (TPSA) is 42.7 Å². The normalized spacial score (nSPS) is 11.3. The third-order valence-corrected chi connectivity index (χ3v) is 3.41. The van der Waals surface area contributed by atoms with Crippen molar-refractivity contribution in [3.8, 4) is 0 Å². The third-order valence-electron chi connectivity index (χ3n) is 2.46. The average Bonchev–Trinajstić information content (AvgIpc) is 2.86. The number of hydrogen-bond acceptors (Lipinski definition) is 4. The van der Waals surface area contributed by atoms with E-state index in [1.54, 1.807) is 11.3 Å². The fraction of sp³-hybridized carbons (Fsp3) is 0.500. The molecule has 0 amide bonds. The van der Waals surface area contributed by atoms with Gasteiger partial charge in [0.15, 0.2) is 0 Å². The molecule has 0 aliphatic rings. The van der Waals surface area contributed by atoms with Gasteiger partial charge in [-0.05, 0) is 6.92 Å². The van der Waals surface area contributed by atoms with Crippen molar-refractivity contribution < 1.29 is 0 Å². The minimum absolute atomic E-state index is 0.487. The minimum atomic E-state index is 0.487. The highest BCUT2D eigenvalue weighted by Crippen LogP contribution is 2.11. The Balaban J connectivity index is 2.03. The number of nitrogens with zero attached hydrogens (tertiary/aromatic N) is 3. The molecule has 1 N–H and O–H groups in total. The van der Waals surface area contributed by atoms with Crippen LogP contribution in [0.4, 0.5) is 0 Å². The number of rotatable bonds is 5. The van der Waals surface area contributed by atoms with Gasteiger partial charge in [0.05, 0.1) is 18.6 Å². The van der Waals surface area contributed by atoms with Gasteiger partial charge in [-0.15, -0.1) is 11.3 Å². The number of imidazole rings is 1. The lowest BCUT2D eigenvalue weighted by molar-refractivity contribution is 0.564. The Bertz CT molecular complexity index is 472. The lowest BCUT2D eigenvalue weighted by atomic mass is 10.3. The maximum absolute atomic E-state index is 4.47. The summed E-state index contributed by atoms with van der Waals surface area (Å²) in [5, 5.41) is 6.61. The van der Waals surface area contributed by atoms with Gasteiger partial charge in [0.1, 0.15) is 5.01 Å². The van der Waals surface area contributed by atoms with Crippen molar-refractivity contribution in [2.75, 3.05) is 0 Å². The van der Waals surface area contributed by atoms with Crippen molar-refractivity contribution in [2.24, 2.45) is 0 Å². The smallest absolute Gasteiger partial charge is 0.113 e. The molecule has 92 valence electrons. The summed E-state index contributed by atoms with van der Waals surface area (Å²) in [5.74, 6) is 0. The second kappa shape index (κ2) is 5.42. The van der Waals surface area contributed by atoms with E-state index < -0.39 is 0 Å². The van der Waals surface area contributed by atoms with Crippen LogP contribution >= 0.6 is 11.3 Å². The van der Waals surface area contributed by atoms with Gasteiger partial charge >= 0.3 is 0 Å². The molecule has 5 heteroatoms. The fourth-order valence-electron chi connectivity index (χ4n) is 1.57. The monoisotopic (exact) mass is 250 g/mol. The van der Waals surface area contributed by atoms with Crippen LogP contribution in [0.15, 0.2) is 17.9 Å². The maximum Gasteiger partial charge on any atom is 0.113 e. The Labute approximate surface area is 106 Å². The maximum atomic E-state index is 4.47. The van der Waals surface area contributed by atoms with E-state index in [4.69, 9.17) is 0 Å². The van der Waals surface area contributed by atoms with E-state index in [2.05, 4.69) is 39.1 Å². The van der Waals surface area contributed by atoms with Crippen LogP contribution in [0.3, 0.4) is 0 Å². The highest BCUT2D eigenvalue weighted by atomic mass is 32.1.